The summed E-state index contributed by atoms with van der Waals surface area (Å²) in [4.78, 5) is 3.87. The van der Waals surface area contributed by atoms with Gasteiger partial charge in [0.15, 0.2) is 0 Å². The molecule has 0 radical (unpaired) electrons. The van der Waals surface area contributed by atoms with E-state index < -0.39 is 5.60 Å². The molecule has 0 amide bonds. The molecule has 2 aromatic rings. The molecule has 1 unspecified atom stereocenters. The Kier molecular flexibility index (Phi) is 3.34. The summed E-state index contributed by atoms with van der Waals surface area (Å²) in [5.41, 5.74) is 0.656. The van der Waals surface area contributed by atoms with E-state index in [1.54, 1.807) is 29.2 Å². The highest BCUT2D eigenvalue weighted by atomic mass is 16.3. The maximum Gasteiger partial charge on any atom is 0.137 e. The minimum absolute atomic E-state index is 0.204. The number of nitrogens with zero attached hydrogens (tertiary/aromatic N) is 3. The first-order valence-electron chi connectivity index (χ1n) is 5.90. The van der Waals surface area contributed by atoms with Crippen molar-refractivity contribution >= 4 is 0 Å². The number of hydrogen-bond donors (Lipinski definition) is 2. The molecule has 0 aliphatic rings. The van der Waals surface area contributed by atoms with Crippen LogP contribution in [-0.4, -0.2) is 25.0 Å². The summed E-state index contributed by atoms with van der Waals surface area (Å²) in [6, 6.07) is 4.99. The molecule has 0 fully saturated rings. The summed E-state index contributed by atoms with van der Waals surface area (Å²) >= 11 is 0. The molecule has 0 bridgehead atoms. The fourth-order valence-electron chi connectivity index (χ4n) is 2.14. The van der Waals surface area contributed by atoms with Crippen LogP contribution in [0.25, 0.3) is 0 Å². The zero-order chi connectivity index (χ0) is 13.2. The zero-order valence-corrected chi connectivity index (χ0v) is 10.5. The maximum absolute atomic E-state index is 10.8. The number of aryl methyl sites for hydroxylation is 1. The third-order valence-electron chi connectivity index (χ3n) is 3.19. The van der Waals surface area contributed by atoms with Gasteiger partial charge in [-0.05, 0) is 36.6 Å². The number of aromatic hydroxyl groups is 1. The molecule has 96 valence electrons. The predicted octanol–water partition coefficient (Wildman–Crippen LogP) is 1.59. The van der Waals surface area contributed by atoms with Crippen molar-refractivity contribution in [2.45, 2.75) is 32.4 Å². The highest BCUT2D eigenvalue weighted by Crippen LogP contribution is 2.31. The third-order valence-corrected chi connectivity index (χ3v) is 3.19. The molecule has 1 aromatic carbocycles. The van der Waals surface area contributed by atoms with E-state index in [9.17, 15) is 10.2 Å². The number of aliphatic hydroxyl groups is 1. The smallest absolute Gasteiger partial charge is 0.137 e. The van der Waals surface area contributed by atoms with Gasteiger partial charge in [0.1, 0.15) is 24.0 Å². The van der Waals surface area contributed by atoms with Crippen LogP contribution in [-0.2, 0) is 12.1 Å². The molecule has 0 aliphatic heterocycles. The Morgan fingerprint density at radius 2 is 2.17 bits per heavy atom. The van der Waals surface area contributed by atoms with Crippen molar-refractivity contribution in [3.05, 3.63) is 42.0 Å². The van der Waals surface area contributed by atoms with E-state index in [4.69, 9.17) is 0 Å². The van der Waals surface area contributed by atoms with Crippen molar-refractivity contribution in [1.82, 2.24) is 14.8 Å². The van der Waals surface area contributed by atoms with Gasteiger partial charge in [0.05, 0.1) is 6.54 Å². The maximum atomic E-state index is 10.8. The van der Waals surface area contributed by atoms with Gasteiger partial charge in [-0.1, -0.05) is 13.0 Å². The van der Waals surface area contributed by atoms with E-state index in [2.05, 4.69) is 10.1 Å². The van der Waals surface area contributed by atoms with Gasteiger partial charge in [0.25, 0.3) is 0 Å². The van der Waals surface area contributed by atoms with Gasteiger partial charge < -0.3 is 10.2 Å². The third kappa shape index (κ3) is 2.36. The van der Waals surface area contributed by atoms with Crippen LogP contribution in [0.3, 0.4) is 0 Å². The van der Waals surface area contributed by atoms with E-state index in [1.807, 2.05) is 13.8 Å². The van der Waals surface area contributed by atoms with Gasteiger partial charge in [-0.25, -0.2) is 9.67 Å². The predicted molar refractivity (Wildman–Crippen MR) is 67.1 cm³/mol. The Bertz CT molecular complexity index is 525. The standard InChI is InChI=1S/C13H17N3O2/c1-3-13(18,7-16-9-14-8-15-16)12-5-4-11(17)6-10(12)2/h4-6,8-9,17-18H,3,7H2,1-2H3. The SMILES string of the molecule is CCC(O)(Cn1cncn1)c1ccc(O)cc1C. The van der Waals surface area contributed by atoms with Crippen LogP contribution in [0, 0.1) is 6.92 Å². The Morgan fingerprint density at radius 3 is 2.72 bits per heavy atom. The molecule has 0 saturated heterocycles. The fraction of sp³-hybridized carbons (Fsp3) is 0.385. The van der Waals surface area contributed by atoms with Gasteiger partial charge in [0.2, 0.25) is 0 Å². The number of aromatic nitrogens is 3. The van der Waals surface area contributed by atoms with E-state index >= 15 is 0 Å². The lowest BCUT2D eigenvalue weighted by molar-refractivity contribution is 0.0103. The van der Waals surface area contributed by atoms with Crippen LogP contribution in [0.5, 0.6) is 5.75 Å². The van der Waals surface area contributed by atoms with Crippen LogP contribution in [0.2, 0.25) is 0 Å². The topological polar surface area (TPSA) is 71.2 Å². The summed E-state index contributed by atoms with van der Waals surface area (Å²) in [6.45, 7) is 4.13. The van der Waals surface area contributed by atoms with Crippen LogP contribution >= 0.6 is 0 Å². The lowest BCUT2D eigenvalue weighted by atomic mass is 9.88. The second-order valence-electron chi connectivity index (χ2n) is 4.48. The molecule has 0 spiro atoms. The summed E-state index contributed by atoms with van der Waals surface area (Å²) in [5, 5.41) is 24.2. The molecular weight excluding hydrogens is 230 g/mol. The highest BCUT2D eigenvalue weighted by molar-refractivity contribution is 5.37. The van der Waals surface area contributed by atoms with Crippen molar-refractivity contribution in [3.63, 3.8) is 0 Å². The molecular formula is C13H17N3O2. The fourth-order valence-corrected chi connectivity index (χ4v) is 2.14. The molecule has 1 atom stereocenters. The minimum Gasteiger partial charge on any atom is -0.508 e. The lowest BCUT2D eigenvalue weighted by Gasteiger charge is -2.28. The Labute approximate surface area is 106 Å². The highest BCUT2D eigenvalue weighted by Gasteiger charge is 2.29. The summed E-state index contributed by atoms with van der Waals surface area (Å²) < 4.78 is 1.61. The molecule has 2 N–H and O–H groups in total. The number of hydrogen-bond acceptors (Lipinski definition) is 4. The second-order valence-corrected chi connectivity index (χ2v) is 4.48. The van der Waals surface area contributed by atoms with Gasteiger partial charge in [-0.3, -0.25) is 0 Å². The number of phenols is 1. The lowest BCUT2D eigenvalue weighted by Crippen LogP contribution is -2.31. The van der Waals surface area contributed by atoms with Crippen molar-refractivity contribution in [3.8, 4) is 5.75 Å². The summed E-state index contributed by atoms with van der Waals surface area (Å²) in [6.07, 6.45) is 3.58. The monoisotopic (exact) mass is 247 g/mol. The Morgan fingerprint density at radius 1 is 1.39 bits per heavy atom. The van der Waals surface area contributed by atoms with Crippen molar-refractivity contribution in [2.75, 3.05) is 0 Å². The van der Waals surface area contributed by atoms with E-state index in [-0.39, 0.29) is 5.75 Å². The summed E-state index contributed by atoms with van der Waals surface area (Å²) in [7, 11) is 0. The molecule has 5 nitrogen and oxygen atoms in total. The zero-order valence-electron chi connectivity index (χ0n) is 10.5. The molecule has 1 aromatic heterocycles. The first kappa shape index (κ1) is 12.6. The number of benzene rings is 1. The van der Waals surface area contributed by atoms with Gasteiger partial charge in [0, 0.05) is 0 Å². The summed E-state index contributed by atoms with van der Waals surface area (Å²) in [5.74, 6) is 0.204. The Balaban J connectivity index is 2.36. The molecule has 5 heteroatoms. The molecule has 0 aliphatic carbocycles. The minimum atomic E-state index is -1.01. The quantitative estimate of drug-likeness (QED) is 0.860. The van der Waals surface area contributed by atoms with Gasteiger partial charge in [-0.2, -0.15) is 5.10 Å². The van der Waals surface area contributed by atoms with Crippen LogP contribution in [0.4, 0.5) is 0 Å². The van der Waals surface area contributed by atoms with Gasteiger partial charge >= 0.3 is 0 Å². The van der Waals surface area contributed by atoms with Crippen LogP contribution in [0.1, 0.15) is 24.5 Å². The van der Waals surface area contributed by atoms with Crippen LogP contribution < -0.4 is 0 Å². The molecule has 18 heavy (non-hydrogen) atoms. The number of rotatable bonds is 4. The molecule has 2 rings (SSSR count). The molecule has 0 saturated carbocycles. The second kappa shape index (κ2) is 4.78. The largest absolute Gasteiger partial charge is 0.508 e. The van der Waals surface area contributed by atoms with E-state index in [1.165, 1.54) is 6.33 Å². The van der Waals surface area contributed by atoms with E-state index in [0.717, 1.165) is 11.1 Å². The Hall–Kier alpha value is -1.88. The average Bonchev–Trinajstić information content (AvgIpc) is 2.81. The first-order valence-corrected chi connectivity index (χ1v) is 5.90. The first-order chi connectivity index (χ1) is 8.55. The van der Waals surface area contributed by atoms with Crippen molar-refractivity contribution < 1.29 is 10.2 Å². The van der Waals surface area contributed by atoms with Crippen LogP contribution in [0.15, 0.2) is 30.9 Å². The van der Waals surface area contributed by atoms with Crippen molar-refractivity contribution in [1.29, 1.82) is 0 Å². The van der Waals surface area contributed by atoms with Gasteiger partial charge in [-0.15, -0.1) is 0 Å². The normalized spacial score (nSPS) is 14.4. The van der Waals surface area contributed by atoms with Crippen molar-refractivity contribution in [2.24, 2.45) is 0 Å². The average molecular weight is 247 g/mol. The molecule has 1 heterocycles. The van der Waals surface area contributed by atoms with E-state index in [0.29, 0.717) is 13.0 Å². The number of phenolic OH excluding ortho intramolecular Hbond substituents is 1.